The highest BCUT2D eigenvalue weighted by Gasteiger charge is 2.27. The number of hydrogen-bond acceptors (Lipinski definition) is 3. The van der Waals surface area contributed by atoms with Crippen LogP contribution in [0.5, 0.6) is 0 Å². The van der Waals surface area contributed by atoms with Crippen LogP contribution in [-0.2, 0) is 0 Å². The molecule has 3 heterocycles. The average Bonchev–Trinajstić information content (AvgIpc) is 3.82. The maximum atomic E-state index is 5.40. The average molecular weight is 714 g/mol. The third-order valence-electron chi connectivity index (χ3n) is 11.3. The molecule has 0 spiro atoms. The van der Waals surface area contributed by atoms with Gasteiger partial charge in [0.2, 0.25) is 5.95 Å². The van der Waals surface area contributed by atoms with Crippen molar-refractivity contribution in [1.29, 1.82) is 0 Å². The van der Waals surface area contributed by atoms with E-state index >= 15 is 0 Å². The van der Waals surface area contributed by atoms with E-state index in [2.05, 4.69) is 161 Å². The van der Waals surface area contributed by atoms with Crippen LogP contribution in [0.15, 0.2) is 188 Å². The minimum Gasteiger partial charge on any atom is -0.307 e. The molecular weight excluding hydrogens is 683 g/mol. The van der Waals surface area contributed by atoms with Gasteiger partial charge in [0.15, 0.2) is 11.6 Å². The Morgan fingerprint density at radius 2 is 0.696 bits per heavy atom. The summed E-state index contributed by atoms with van der Waals surface area (Å²) in [4.78, 5) is 15.9. The van der Waals surface area contributed by atoms with E-state index in [1.807, 2.05) is 36.4 Å². The number of hydrogen-bond donors (Lipinski definition) is 0. The van der Waals surface area contributed by atoms with Crippen LogP contribution >= 0.6 is 0 Å². The van der Waals surface area contributed by atoms with Gasteiger partial charge in [-0.05, 0) is 33.7 Å². The van der Waals surface area contributed by atoms with Gasteiger partial charge >= 0.3 is 0 Å². The van der Waals surface area contributed by atoms with Crippen LogP contribution in [-0.4, -0.2) is 24.1 Å². The molecule has 0 atom stereocenters. The highest BCUT2D eigenvalue weighted by molar-refractivity contribution is 6.39. The molecule has 0 aliphatic rings. The van der Waals surface area contributed by atoms with Gasteiger partial charge < -0.3 is 4.57 Å². The fraction of sp³-hybridized carbons (Fsp3) is 0. The molecule has 0 radical (unpaired) electrons. The van der Waals surface area contributed by atoms with Gasteiger partial charge in [-0.2, -0.15) is 9.97 Å². The van der Waals surface area contributed by atoms with E-state index in [4.69, 9.17) is 15.0 Å². The first-order chi connectivity index (χ1) is 27.8. The van der Waals surface area contributed by atoms with E-state index in [0.717, 1.165) is 49.5 Å². The molecule has 3 aromatic heterocycles. The van der Waals surface area contributed by atoms with E-state index in [0.29, 0.717) is 17.6 Å². The number of rotatable bonds is 4. The Kier molecular flexibility index (Phi) is 6.56. The minimum atomic E-state index is 0.570. The molecule has 0 aliphatic heterocycles. The Balaban J connectivity index is 1.39. The molecule has 9 aromatic carbocycles. The van der Waals surface area contributed by atoms with Crippen molar-refractivity contribution in [2.24, 2.45) is 0 Å². The Bertz CT molecular complexity index is 3450. The SMILES string of the molecule is c1ccc(-c2nc(-c3ccccc3)nc(-n3c4c5ccccc5ccc4c4c5ccccc5c5c6ccc7ccccc7c6n(-c6ccccc6)c5c43)n2)cc1. The van der Waals surface area contributed by atoms with Crippen LogP contribution in [0, 0.1) is 0 Å². The molecule has 0 saturated carbocycles. The first-order valence-electron chi connectivity index (χ1n) is 19.0. The van der Waals surface area contributed by atoms with Crippen molar-refractivity contribution in [3.63, 3.8) is 0 Å². The summed E-state index contributed by atoms with van der Waals surface area (Å²) < 4.78 is 4.82. The molecule has 56 heavy (non-hydrogen) atoms. The smallest absolute Gasteiger partial charge is 0.238 e. The van der Waals surface area contributed by atoms with Gasteiger partial charge in [0.1, 0.15) is 0 Å². The molecule has 12 rings (SSSR count). The van der Waals surface area contributed by atoms with Crippen molar-refractivity contribution in [2.45, 2.75) is 0 Å². The van der Waals surface area contributed by atoms with Gasteiger partial charge in [0.25, 0.3) is 0 Å². The molecule has 0 bridgehead atoms. The molecular formula is C51H31N5. The number of nitrogens with zero attached hydrogens (tertiary/aromatic N) is 5. The summed E-state index contributed by atoms with van der Waals surface area (Å²) in [5, 5.41) is 11.8. The monoisotopic (exact) mass is 713 g/mol. The Labute approximate surface area is 321 Å². The fourth-order valence-corrected chi connectivity index (χ4v) is 8.94. The lowest BCUT2D eigenvalue weighted by molar-refractivity contribution is 0.955. The van der Waals surface area contributed by atoms with Gasteiger partial charge in [-0.25, -0.2) is 4.98 Å². The second-order valence-corrected chi connectivity index (χ2v) is 14.4. The molecule has 0 fully saturated rings. The fourth-order valence-electron chi connectivity index (χ4n) is 8.94. The Morgan fingerprint density at radius 1 is 0.286 bits per heavy atom. The summed E-state index contributed by atoms with van der Waals surface area (Å²) in [6.07, 6.45) is 0. The molecule has 0 N–H and O–H groups in total. The van der Waals surface area contributed by atoms with Crippen molar-refractivity contribution in [3.05, 3.63) is 188 Å². The van der Waals surface area contributed by atoms with E-state index in [9.17, 15) is 0 Å². The highest BCUT2D eigenvalue weighted by Crippen LogP contribution is 2.48. The molecule has 0 saturated heterocycles. The van der Waals surface area contributed by atoms with E-state index in [-0.39, 0.29) is 0 Å². The van der Waals surface area contributed by atoms with Gasteiger partial charge in [0.05, 0.1) is 22.1 Å². The van der Waals surface area contributed by atoms with Crippen molar-refractivity contribution in [2.75, 3.05) is 0 Å². The van der Waals surface area contributed by atoms with Crippen LogP contribution in [0.3, 0.4) is 0 Å². The number of aromatic nitrogens is 5. The quantitative estimate of drug-likeness (QED) is 0.182. The lowest BCUT2D eigenvalue weighted by Gasteiger charge is -2.15. The molecule has 0 unspecified atom stereocenters. The number of para-hydroxylation sites is 1. The summed E-state index contributed by atoms with van der Waals surface area (Å²) in [6, 6.07) is 66.6. The van der Waals surface area contributed by atoms with Crippen LogP contribution in [0.25, 0.3) is 110 Å². The number of fused-ring (bicyclic) bond motifs is 14. The van der Waals surface area contributed by atoms with Crippen LogP contribution < -0.4 is 0 Å². The van der Waals surface area contributed by atoms with E-state index < -0.39 is 0 Å². The van der Waals surface area contributed by atoms with E-state index in [1.54, 1.807) is 0 Å². The maximum absolute atomic E-state index is 5.40. The minimum absolute atomic E-state index is 0.570. The summed E-state index contributed by atoms with van der Waals surface area (Å²) in [5.74, 6) is 1.81. The first kappa shape index (κ1) is 30.8. The zero-order valence-corrected chi connectivity index (χ0v) is 30.1. The van der Waals surface area contributed by atoms with Gasteiger partial charge in [-0.15, -0.1) is 0 Å². The predicted molar refractivity (Wildman–Crippen MR) is 232 cm³/mol. The topological polar surface area (TPSA) is 48.5 Å². The van der Waals surface area contributed by atoms with Crippen LogP contribution in [0.2, 0.25) is 0 Å². The summed E-state index contributed by atoms with van der Waals surface area (Å²) in [5.41, 5.74) is 7.35. The van der Waals surface area contributed by atoms with Crippen LogP contribution in [0.1, 0.15) is 0 Å². The van der Waals surface area contributed by atoms with Crippen molar-refractivity contribution in [3.8, 4) is 34.4 Å². The van der Waals surface area contributed by atoms with Gasteiger partial charge in [0, 0.05) is 49.1 Å². The molecule has 5 nitrogen and oxygen atoms in total. The Morgan fingerprint density at radius 3 is 1.21 bits per heavy atom. The lowest BCUT2D eigenvalue weighted by Crippen LogP contribution is -2.07. The molecule has 0 aliphatic carbocycles. The first-order valence-corrected chi connectivity index (χ1v) is 19.0. The standard InChI is InChI=1S/C51H31N5/c1-4-18-34(19-5-1)49-52-50(35-20-6-2-7-21-35)54-51(53-49)56-46-38-25-13-11-17-33(38)29-31-42(46)44-40-27-15-14-26-39(40)43-41-30-28-32-16-10-12-24-37(32)45(41)55(47(43)48(44)56)36-22-8-3-9-23-36/h1-31H. The maximum Gasteiger partial charge on any atom is 0.238 e. The lowest BCUT2D eigenvalue weighted by atomic mass is 9.97. The second kappa shape index (κ2) is 11.9. The van der Waals surface area contributed by atoms with E-state index in [1.165, 1.54) is 43.2 Å². The van der Waals surface area contributed by atoms with Crippen molar-refractivity contribution < 1.29 is 0 Å². The van der Waals surface area contributed by atoms with Crippen molar-refractivity contribution >= 4 is 75.9 Å². The van der Waals surface area contributed by atoms with Gasteiger partial charge in [-0.1, -0.05) is 176 Å². The third-order valence-corrected chi connectivity index (χ3v) is 11.3. The molecule has 260 valence electrons. The molecule has 5 heteroatoms. The van der Waals surface area contributed by atoms with Crippen LogP contribution in [0.4, 0.5) is 0 Å². The Hall–Kier alpha value is -7.63. The highest BCUT2D eigenvalue weighted by atomic mass is 15.2. The number of benzene rings is 9. The molecule has 12 aromatic rings. The van der Waals surface area contributed by atoms with Crippen molar-refractivity contribution in [1.82, 2.24) is 24.1 Å². The predicted octanol–water partition coefficient (Wildman–Crippen LogP) is 12.9. The largest absolute Gasteiger partial charge is 0.307 e. The summed E-state index contributed by atoms with van der Waals surface area (Å²) >= 11 is 0. The second-order valence-electron chi connectivity index (χ2n) is 14.4. The summed E-state index contributed by atoms with van der Waals surface area (Å²) in [6.45, 7) is 0. The zero-order chi connectivity index (χ0) is 36.7. The molecule has 0 amide bonds. The normalized spacial score (nSPS) is 11.9. The summed E-state index contributed by atoms with van der Waals surface area (Å²) in [7, 11) is 0. The third kappa shape index (κ3) is 4.39. The van der Waals surface area contributed by atoms with Gasteiger partial charge in [-0.3, -0.25) is 4.57 Å². The zero-order valence-electron chi connectivity index (χ0n) is 30.1.